The van der Waals surface area contributed by atoms with E-state index in [0.717, 1.165) is 77.0 Å². The molecule has 16 rings (SSSR count). The van der Waals surface area contributed by atoms with Crippen LogP contribution in [0.2, 0.25) is 0 Å². The molecule has 8 nitrogen and oxygen atoms in total. The number of benzene rings is 8. The molecular weight excluding hydrogens is 1300 g/mol. The number of carbonyl (C=O) groups excluding carboxylic acids is 4. The second-order valence-corrected chi connectivity index (χ2v) is 30.6. The Bertz CT molecular complexity index is 3280. The van der Waals surface area contributed by atoms with Crippen LogP contribution in [0.3, 0.4) is 0 Å². The van der Waals surface area contributed by atoms with Gasteiger partial charge in [-0.2, -0.15) is 0 Å². The maximum absolute atomic E-state index is 11.2. The number of hydrogen-bond acceptors (Lipinski definition) is 12. The Balaban J connectivity index is 0.000000111. The van der Waals surface area contributed by atoms with E-state index in [0.29, 0.717) is 68.3 Å². The zero-order valence-electron chi connectivity index (χ0n) is 47.3. The number of fused-ring (bicyclic) bond motifs is 12. The van der Waals surface area contributed by atoms with E-state index >= 15 is 0 Å². The van der Waals surface area contributed by atoms with E-state index in [1.807, 2.05) is 47.0 Å². The van der Waals surface area contributed by atoms with Crippen LogP contribution in [0, 0.1) is 71.0 Å². The molecule has 0 spiro atoms. The van der Waals surface area contributed by atoms with E-state index in [1.54, 1.807) is 0 Å². The number of rotatable bonds is 12. The molecule has 8 aromatic rings. The molecule has 8 aliphatic rings. The van der Waals surface area contributed by atoms with Gasteiger partial charge in [0.2, 0.25) is 0 Å². The van der Waals surface area contributed by atoms with Crippen LogP contribution in [0.15, 0.2) is 189 Å². The van der Waals surface area contributed by atoms with E-state index in [4.69, 9.17) is 0 Å². The summed E-state index contributed by atoms with van der Waals surface area (Å²) >= 11 is 7.44. The summed E-state index contributed by atoms with van der Waals surface area (Å²) in [5.74, 6) is -0.665. The van der Waals surface area contributed by atoms with Crippen LogP contribution in [0.4, 0.5) is 0 Å². The molecule has 8 bridgehead atoms. The monoisotopic (exact) mass is 1370 g/mol. The van der Waals surface area contributed by atoms with Crippen molar-refractivity contribution in [2.75, 3.05) is 0 Å². The molecule has 13 heteroatoms. The molecule has 0 N–H and O–H groups in total. The summed E-state index contributed by atoms with van der Waals surface area (Å²) in [6.07, 6.45) is 12.3. The quantitative estimate of drug-likeness (QED) is 0.107. The Labute approximate surface area is 533 Å². The van der Waals surface area contributed by atoms with E-state index in [1.165, 1.54) is 62.7 Å². The van der Waals surface area contributed by atoms with E-state index in [2.05, 4.69) is 170 Å². The minimum Gasteiger partial charge on any atom is -0.550 e. The molecule has 8 aromatic carbocycles. The van der Waals surface area contributed by atoms with E-state index in [-0.39, 0.29) is 49.5 Å². The molecule has 8 aliphatic carbocycles. The number of thioether (sulfide) groups is 4. The molecule has 16 atom stereocenters. The van der Waals surface area contributed by atoms with Crippen molar-refractivity contribution in [1.82, 2.24) is 0 Å². The topological polar surface area (TPSA) is 161 Å². The molecule has 432 valence electrons. The van der Waals surface area contributed by atoms with Gasteiger partial charge in [0.05, 0.1) is 0 Å². The Kier molecular flexibility index (Phi) is 18.7. The van der Waals surface area contributed by atoms with Gasteiger partial charge in [0.15, 0.2) is 0 Å². The number of carboxylic acids is 4. The summed E-state index contributed by atoms with van der Waals surface area (Å²) in [5, 5.41) is 56.7. The summed E-state index contributed by atoms with van der Waals surface area (Å²) in [6, 6.07) is 59.6. The van der Waals surface area contributed by atoms with Gasteiger partial charge < -0.3 is 39.6 Å². The zero-order chi connectivity index (χ0) is 57.6. The number of carbonyl (C=O) groups is 4. The van der Waals surface area contributed by atoms with Crippen molar-refractivity contribution in [2.45, 2.75) is 118 Å². The summed E-state index contributed by atoms with van der Waals surface area (Å²) in [6.45, 7) is 0. The molecule has 8 fully saturated rings. The Morgan fingerprint density at radius 1 is 0.271 bits per heavy atom. The van der Waals surface area contributed by atoms with Crippen molar-refractivity contribution in [3.05, 3.63) is 170 Å². The molecular formula is C72H68HfO8S4. The molecule has 0 heterocycles. The summed E-state index contributed by atoms with van der Waals surface area (Å²) < 4.78 is 0. The van der Waals surface area contributed by atoms with Gasteiger partial charge >= 0.3 is 25.8 Å². The fourth-order valence-corrected chi connectivity index (χ4v) is 22.6. The molecule has 0 aliphatic heterocycles. The first-order valence-electron chi connectivity index (χ1n) is 30.3. The second-order valence-electron chi connectivity index (χ2n) is 25.3. The number of aliphatic carboxylic acids is 4. The molecule has 0 saturated heterocycles. The van der Waals surface area contributed by atoms with Crippen molar-refractivity contribution in [1.29, 1.82) is 0 Å². The third kappa shape index (κ3) is 13.4. The fourth-order valence-electron chi connectivity index (χ4n) is 16.4. The van der Waals surface area contributed by atoms with Crippen LogP contribution in [0.1, 0.15) is 77.0 Å². The third-order valence-electron chi connectivity index (χ3n) is 20.3. The smallest absolute Gasteiger partial charge is 0.550 e. The molecule has 0 radical (unpaired) electrons. The van der Waals surface area contributed by atoms with Gasteiger partial charge in [-0.3, -0.25) is 0 Å². The van der Waals surface area contributed by atoms with Crippen LogP contribution in [-0.2, 0) is 45.0 Å². The molecule has 16 unspecified atom stereocenters. The van der Waals surface area contributed by atoms with Gasteiger partial charge in [-0.15, -0.1) is 47.0 Å². The predicted octanol–water partition coefficient (Wildman–Crippen LogP) is 12.4. The van der Waals surface area contributed by atoms with Gasteiger partial charge in [-0.05, 0) is 216 Å². The number of carboxylic acid groups (broad SMARTS) is 4. The predicted molar refractivity (Wildman–Crippen MR) is 332 cm³/mol. The fraction of sp³-hybridized carbons (Fsp3) is 0.389. The van der Waals surface area contributed by atoms with Crippen LogP contribution in [0.25, 0.3) is 43.1 Å². The summed E-state index contributed by atoms with van der Waals surface area (Å²) in [5.41, 5.74) is 0. The largest absolute Gasteiger partial charge is 4.00 e. The first-order valence-corrected chi connectivity index (χ1v) is 33.8. The molecule has 8 saturated carbocycles. The van der Waals surface area contributed by atoms with Crippen molar-refractivity contribution >= 4 is 114 Å². The van der Waals surface area contributed by atoms with Crippen molar-refractivity contribution in [3.63, 3.8) is 0 Å². The van der Waals surface area contributed by atoms with Crippen LogP contribution < -0.4 is 20.4 Å². The summed E-state index contributed by atoms with van der Waals surface area (Å²) in [7, 11) is 0. The van der Waals surface area contributed by atoms with Crippen LogP contribution >= 0.6 is 47.0 Å². The van der Waals surface area contributed by atoms with E-state index in [9.17, 15) is 39.6 Å². The van der Waals surface area contributed by atoms with Crippen molar-refractivity contribution in [3.8, 4) is 0 Å². The minimum atomic E-state index is -0.841. The Hall–Kier alpha value is -5.05. The standard InChI is InChI=1S/4C18H18O2S.Hf/c4*19-18(20)16-8-11-7-15(16)17(9-11)21-14-6-5-12-3-1-2-4-13(12)10-14;/h4*1-6,10-11,15-17H,7-9H2,(H,19,20);/q;;;;+4/p-4. The molecule has 0 aromatic heterocycles. The van der Waals surface area contributed by atoms with Crippen LogP contribution in [0.5, 0.6) is 0 Å². The number of hydrogen-bond donors (Lipinski definition) is 0. The van der Waals surface area contributed by atoms with Gasteiger partial charge in [0.1, 0.15) is 0 Å². The van der Waals surface area contributed by atoms with E-state index < -0.39 is 23.9 Å². The SMILES string of the molecule is O=C([O-])C1CC2CC(Sc3ccc4ccccc4c3)C1C2.O=C([O-])C1CC2CC(Sc3ccc4ccccc4c3)C1C2.O=C([O-])C1CC2CC(Sc3ccc4ccccc4c3)C1C2.O=C([O-])C1CC2CC(Sc3ccc4ccccc4c3)C1C2.[Hf+4]. The van der Waals surface area contributed by atoms with Gasteiger partial charge in [-0.1, -0.05) is 121 Å². The van der Waals surface area contributed by atoms with Crippen molar-refractivity contribution in [2.24, 2.45) is 71.0 Å². The zero-order valence-corrected chi connectivity index (χ0v) is 54.1. The second kappa shape index (κ2) is 26.3. The van der Waals surface area contributed by atoms with Crippen LogP contribution in [-0.4, -0.2) is 44.9 Å². The third-order valence-corrected chi connectivity index (χ3v) is 25.7. The normalized spacial score (nSPS) is 30.5. The summed E-state index contributed by atoms with van der Waals surface area (Å²) in [4.78, 5) is 50.0. The minimum absolute atomic E-state index is 0. The average molecular weight is 1370 g/mol. The average Bonchev–Trinajstić information content (AvgIpc) is 3.91. The Morgan fingerprint density at radius 3 is 0.659 bits per heavy atom. The first-order chi connectivity index (χ1) is 40.8. The Morgan fingerprint density at radius 2 is 0.471 bits per heavy atom. The van der Waals surface area contributed by atoms with Gasteiger partial charge in [0, 0.05) is 88.1 Å². The molecule has 0 amide bonds. The maximum atomic E-state index is 11.2. The van der Waals surface area contributed by atoms with Gasteiger partial charge in [-0.25, -0.2) is 0 Å². The van der Waals surface area contributed by atoms with Gasteiger partial charge in [0.25, 0.3) is 0 Å². The first kappa shape index (κ1) is 60.2. The maximum Gasteiger partial charge on any atom is 4.00 e. The van der Waals surface area contributed by atoms with Crippen molar-refractivity contribution < 1.29 is 65.4 Å². The molecule has 85 heavy (non-hydrogen) atoms.